The molecule has 0 nitrogen and oxygen atoms in total. The van der Waals surface area contributed by atoms with Gasteiger partial charge in [-0.2, -0.15) is 0 Å². The Bertz CT molecular complexity index is 268. The minimum atomic E-state index is 0.522. The third-order valence-electron chi connectivity index (χ3n) is 2.45. The first kappa shape index (κ1) is 15.2. The van der Waals surface area contributed by atoms with E-state index >= 15 is 0 Å². The van der Waals surface area contributed by atoms with Gasteiger partial charge in [0.25, 0.3) is 0 Å². The van der Waals surface area contributed by atoms with E-state index in [2.05, 4.69) is 72.7 Å². The van der Waals surface area contributed by atoms with E-state index < -0.39 is 0 Å². The molecule has 0 spiro atoms. The molecule has 92 valence electrons. The Morgan fingerprint density at radius 3 is 1.44 bits per heavy atom. The van der Waals surface area contributed by atoms with Crippen LogP contribution in [0.25, 0.3) is 0 Å². The Morgan fingerprint density at radius 2 is 1.31 bits per heavy atom. The molecule has 0 aliphatic carbocycles. The van der Waals surface area contributed by atoms with E-state index in [1.807, 2.05) is 0 Å². The molecule has 0 fully saturated rings. The summed E-state index contributed by atoms with van der Waals surface area (Å²) in [5, 5.41) is 0. The molecule has 16 heavy (non-hydrogen) atoms. The van der Waals surface area contributed by atoms with E-state index in [9.17, 15) is 0 Å². The fourth-order valence-corrected chi connectivity index (χ4v) is 1.89. The zero-order valence-corrected chi connectivity index (χ0v) is 12.1. The third-order valence-corrected chi connectivity index (χ3v) is 2.45. The molecule has 0 heteroatoms. The van der Waals surface area contributed by atoms with Crippen molar-refractivity contribution in [2.45, 2.75) is 54.9 Å². The molecule has 0 aromatic heterocycles. The molecule has 0 aliphatic rings. The van der Waals surface area contributed by atoms with Crippen LogP contribution >= 0.6 is 0 Å². The molecule has 0 saturated carbocycles. The summed E-state index contributed by atoms with van der Waals surface area (Å²) in [6.45, 7) is 15.6. The fraction of sp³-hybridized carbons (Fsp3) is 0.625. The summed E-state index contributed by atoms with van der Waals surface area (Å²) in [6, 6.07) is 8.36. The predicted octanol–water partition coefficient (Wildman–Crippen LogP) is 5.38. The van der Waals surface area contributed by atoms with E-state index in [0.717, 1.165) is 5.92 Å². The normalized spacial score (nSPS) is 11.0. The highest BCUT2D eigenvalue weighted by Gasteiger charge is 2.11. The fourth-order valence-electron chi connectivity index (χ4n) is 1.89. The van der Waals surface area contributed by atoms with E-state index in [0.29, 0.717) is 5.41 Å². The Morgan fingerprint density at radius 1 is 0.938 bits per heavy atom. The van der Waals surface area contributed by atoms with Crippen LogP contribution in [-0.2, 0) is 0 Å². The number of benzene rings is 1. The molecule has 0 atom stereocenters. The van der Waals surface area contributed by atoms with Crippen molar-refractivity contribution in [3.8, 4) is 0 Å². The van der Waals surface area contributed by atoms with Crippen LogP contribution in [0.2, 0.25) is 0 Å². The Balaban J connectivity index is 0.000000281. The van der Waals surface area contributed by atoms with Gasteiger partial charge in [-0.3, -0.25) is 0 Å². The van der Waals surface area contributed by atoms with E-state index in [4.69, 9.17) is 0 Å². The Labute approximate surface area is 102 Å². The molecule has 0 radical (unpaired) electrons. The van der Waals surface area contributed by atoms with E-state index in [-0.39, 0.29) is 0 Å². The lowest BCUT2D eigenvalue weighted by Gasteiger charge is -2.19. The van der Waals surface area contributed by atoms with Crippen molar-refractivity contribution in [1.29, 1.82) is 0 Å². The Kier molecular flexibility index (Phi) is 6.40. The maximum Gasteiger partial charge on any atom is -0.0380 e. The molecular formula is C16H28. The predicted molar refractivity (Wildman–Crippen MR) is 74.8 cm³/mol. The van der Waals surface area contributed by atoms with Crippen LogP contribution in [0.4, 0.5) is 0 Å². The summed E-state index contributed by atoms with van der Waals surface area (Å²) in [5.41, 5.74) is 3.26. The molecule has 0 N–H and O–H groups in total. The third kappa shape index (κ3) is 8.52. The van der Waals surface area contributed by atoms with Gasteiger partial charge in [0.2, 0.25) is 0 Å². The quantitative estimate of drug-likeness (QED) is 0.596. The number of hydrogen-bond donors (Lipinski definition) is 0. The minimum absolute atomic E-state index is 0.522. The maximum atomic E-state index is 2.28. The summed E-state index contributed by atoms with van der Waals surface area (Å²) >= 11 is 0. The summed E-state index contributed by atoms with van der Waals surface area (Å²) in [6.07, 6.45) is 1.33. The van der Waals surface area contributed by atoms with Crippen molar-refractivity contribution in [2.75, 3.05) is 0 Å². The topological polar surface area (TPSA) is 0 Å². The molecule has 0 unspecified atom stereocenters. The summed E-state index contributed by atoms with van der Waals surface area (Å²) in [7, 11) is 0. The number of hydrogen-bond acceptors (Lipinski definition) is 0. The van der Waals surface area contributed by atoms with Crippen molar-refractivity contribution in [1.82, 2.24) is 0 Å². The molecule has 0 aliphatic heterocycles. The average molecular weight is 220 g/mol. The van der Waals surface area contributed by atoms with Crippen molar-refractivity contribution in [3.63, 3.8) is 0 Å². The van der Waals surface area contributed by atoms with Crippen LogP contribution in [0, 0.1) is 25.2 Å². The largest absolute Gasteiger partial charge is 0.0628 e. The highest BCUT2D eigenvalue weighted by Crippen LogP contribution is 2.23. The van der Waals surface area contributed by atoms with Gasteiger partial charge in [0.15, 0.2) is 0 Å². The second-order valence-corrected chi connectivity index (χ2v) is 6.24. The minimum Gasteiger partial charge on any atom is -0.0628 e. The molecular weight excluding hydrogens is 192 g/mol. The van der Waals surface area contributed by atoms with Gasteiger partial charge in [-0.15, -0.1) is 0 Å². The van der Waals surface area contributed by atoms with Gasteiger partial charge in [0.05, 0.1) is 0 Å². The van der Waals surface area contributed by atoms with Crippen LogP contribution in [-0.4, -0.2) is 0 Å². The van der Waals surface area contributed by atoms with Crippen LogP contribution in [0.1, 0.15) is 52.2 Å². The van der Waals surface area contributed by atoms with Gasteiger partial charge in [0, 0.05) is 0 Å². The highest BCUT2D eigenvalue weighted by atomic mass is 14.2. The lowest BCUT2D eigenvalue weighted by Crippen LogP contribution is -2.08. The molecule has 1 aromatic rings. The van der Waals surface area contributed by atoms with Crippen molar-refractivity contribution in [3.05, 3.63) is 35.4 Å². The van der Waals surface area contributed by atoms with Crippen LogP contribution < -0.4 is 0 Å². The maximum absolute atomic E-state index is 2.28. The van der Waals surface area contributed by atoms with Gasteiger partial charge in [-0.05, 0) is 42.7 Å². The summed E-state index contributed by atoms with van der Waals surface area (Å²) < 4.78 is 0. The molecule has 0 heterocycles. The zero-order valence-electron chi connectivity index (χ0n) is 12.1. The van der Waals surface area contributed by atoms with Gasteiger partial charge in [-0.1, -0.05) is 58.9 Å². The molecule has 0 bridgehead atoms. The zero-order chi connectivity index (χ0) is 12.8. The second-order valence-electron chi connectivity index (χ2n) is 6.24. The number of rotatable bonds is 1. The first-order valence-electron chi connectivity index (χ1n) is 6.24. The average Bonchev–Trinajstić information content (AvgIpc) is 2.06. The van der Waals surface area contributed by atoms with E-state index in [1.54, 1.807) is 0 Å². The van der Waals surface area contributed by atoms with Gasteiger partial charge in [-0.25, -0.2) is 0 Å². The van der Waals surface area contributed by atoms with Crippen molar-refractivity contribution >= 4 is 0 Å². The standard InChI is InChI=1S/C8H10.C8H18/c1-7-5-3-4-6-8(7)2;1-7(2)6-8(3,4)5/h3-6H,1-2H3;7H,6H2,1-5H3. The summed E-state index contributed by atoms with van der Waals surface area (Å²) in [4.78, 5) is 0. The summed E-state index contributed by atoms with van der Waals surface area (Å²) in [5.74, 6) is 0.843. The van der Waals surface area contributed by atoms with Crippen LogP contribution in [0.3, 0.4) is 0 Å². The second kappa shape index (κ2) is 6.73. The van der Waals surface area contributed by atoms with Crippen molar-refractivity contribution < 1.29 is 0 Å². The van der Waals surface area contributed by atoms with Crippen LogP contribution in [0.5, 0.6) is 0 Å². The van der Waals surface area contributed by atoms with Gasteiger partial charge >= 0.3 is 0 Å². The van der Waals surface area contributed by atoms with Crippen LogP contribution in [0.15, 0.2) is 24.3 Å². The lowest BCUT2D eigenvalue weighted by atomic mass is 9.86. The SMILES string of the molecule is CC(C)CC(C)(C)C.Cc1ccccc1C. The monoisotopic (exact) mass is 220 g/mol. The molecule has 0 saturated heterocycles. The number of aryl methyl sites for hydroxylation is 2. The first-order valence-corrected chi connectivity index (χ1v) is 6.24. The highest BCUT2D eigenvalue weighted by molar-refractivity contribution is 5.23. The van der Waals surface area contributed by atoms with Crippen molar-refractivity contribution in [2.24, 2.45) is 11.3 Å². The Hall–Kier alpha value is -0.780. The molecule has 1 rings (SSSR count). The van der Waals surface area contributed by atoms with E-state index in [1.165, 1.54) is 17.5 Å². The molecule has 1 aromatic carbocycles. The molecule has 0 amide bonds. The van der Waals surface area contributed by atoms with Gasteiger partial charge < -0.3 is 0 Å². The first-order chi connectivity index (χ1) is 7.22. The smallest absolute Gasteiger partial charge is 0.0380 e. The van der Waals surface area contributed by atoms with Gasteiger partial charge in [0.1, 0.15) is 0 Å². The lowest BCUT2D eigenvalue weighted by molar-refractivity contribution is 0.320.